The highest BCUT2D eigenvalue weighted by molar-refractivity contribution is 6.36. The lowest BCUT2D eigenvalue weighted by Crippen LogP contribution is -2.34. The average molecular weight is 142 g/mol. The van der Waals surface area contributed by atoms with Gasteiger partial charge in [-0.2, -0.15) is 0 Å². The molecule has 0 bridgehead atoms. The summed E-state index contributed by atoms with van der Waals surface area (Å²) in [6.45, 7) is 6.70. The number of amides is 1. The van der Waals surface area contributed by atoms with Gasteiger partial charge in [0.25, 0.3) is 5.91 Å². The Morgan fingerprint density at radius 2 is 1.80 bits per heavy atom. The van der Waals surface area contributed by atoms with Gasteiger partial charge in [-0.05, 0) is 20.8 Å². The summed E-state index contributed by atoms with van der Waals surface area (Å²) in [4.78, 5) is 12.6. The molecule has 0 aromatic heterocycles. The van der Waals surface area contributed by atoms with E-state index in [1.165, 1.54) is 6.92 Å². The van der Waals surface area contributed by atoms with Crippen molar-refractivity contribution < 1.29 is 4.79 Å². The van der Waals surface area contributed by atoms with Gasteiger partial charge in [-0.15, -0.1) is 0 Å². The second-order valence-corrected chi connectivity index (χ2v) is 2.10. The van der Waals surface area contributed by atoms with E-state index >= 15 is 0 Å². The Morgan fingerprint density at radius 1 is 1.40 bits per heavy atom. The highest BCUT2D eigenvalue weighted by Crippen LogP contribution is 1.89. The molecule has 0 spiro atoms. The van der Waals surface area contributed by atoms with E-state index < -0.39 is 0 Å². The van der Waals surface area contributed by atoms with Gasteiger partial charge < -0.3 is 4.90 Å². The molecular weight excluding hydrogens is 128 g/mol. The fourth-order valence-electron chi connectivity index (χ4n) is 0.748. The number of carbonyl (C=O) groups excluding carboxylic acids is 1. The van der Waals surface area contributed by atoms with E-state index in [0.29, 0.717) is 13.1 Å². The molecule has 0 aromatic rings. The summed E-state index contributed by atoms with van der Waals surface area (Å²) in [5.74, 6) is -0.162. The molecule has 1 N–H and O–H groups in total. The number of rotatable bonds is 3. The predicted molar refractivity (Wildman–Crippen MR) is 41.3 cm³/mol. The fourth-order valence-corrected chi connectivity index (χ4v) is 0.748. The lowest BCUT2D eigenvalue weighted by atomic mass is 10.3. The number of nitrogens with one attached hydrogen (secondary N) is 1. The van der Waals surface area contributed by atoms with Crippen LogP contribution in [0.1, 0.15) is 20.8 Å². The van der Waals surface area contributed by atoms with Gasteiger partial charge in [0, 0.05) is 13.1 Å². The first-order valence-electron chi connectivity index (χ1n) is 3.47. The highest BCUT2D eigenvalue weighted by Gasteiger charge is 2.09. The SMILES string of the molecule is CCN(CC)C(=O)C(C)=N. The molecule has 0 fully saturated rings. The molecule has 3 heteroatoms. The number of nitrogens with zero attached hydrogens (tertiary/aromatic N) is 1. The maximum absolute atomic E-state index is 11.0. The van der Waals surface area contributed by atoms with Gasteiger partial charge in [0.15, 0.2) is 0 Å². The van der Waals surface area contributed by atoms with Crippen LogP contribution in [-0.2, 0) is 4.79 Å². The van der Waals surface area contributed by atoms with Crippen LogP contribution >= 0.6 is 0 Å². The Labute approximate surface area is 61.5 Å². The van der Waals surface area contributed by atoms with Crippen LogP contribution in [0.4, 0.5) is 0 Å². The summed E-state index contributed by atoms with van der Waals surface area (Å²) in [5, 5.41) is 7.05. The lowest BCUT2D eigenvalue weighted by molar-refractivity contribution is -0.123. The minimum absolute atomic E-state index is 0.115. The van der Waals surface area contributed by atoms with E-state index in [9.17, 15) is 4.79 Å². The monoisotopic (exact) mass is 142 g/mol. The molecule has 10 heavy (non-hydrogen) atoms. The van der Waals surface area contributed by atoms with Gasteiger partial charge >= 0.3 is 0 Å². The molecule has 1 amide bonds. The number of hydrogen-bond donors (Lipinski definition) is 1. The zero-order chi connectivity index (χ0) is 8.15. The third kappa shape index (κ3) is 2.17. The maximum Gasteiger partial charge on any atom is 0.267 e. The van der Waals surface area contributed by atoms with E-state index in [2.05, 4.69) is 0 Å². The molecule has 0 unspecified atom stereocenters. The maximum atomic E-state index is 11.0. The lowest BCUT2D eigenvalue weighted by Gasteiger charge is -2.17. The van der Waals surface area contributed by atoms with Crippen molar-refractivity contribution in [3.05, 3.63) is 0 Å². The summed E-state index contributed by atoms with van der Waals surface area (Å²) in [7, 11) is 0. The zero-order valence-electron chi connectivity index (χ0n) is 6.77. The van der Waals surface area contributed by atoms with Gasteiger partial charge in [0.1, 0.15) is 0 Å². The summed E-state index contributed by atoms with van der Waals surface area (Å²) in [6.07, 6.45) is 0. The van der Waals surface area contributed by atoms with Crippen LogP contribution in [0, 0.1) is 5.41 Å². The zero-order valence-corrected chi connectivity index (χ0v) is 6.77. The predicted octanol–water partition coefficient (Wildman–Crippen LogP) is 0.894. The molecule has 0 aliphatic rings. The fraction of sp³-hybridized carbons (Fsp3) is 0.714. The molecule has 58 valence electrons. The van der Waals surface area contributed by atoms with Crippen LogP contribution in [0.5, 0.6) is 0 Å². The van der Waals surface area contributed by atoms with Gasteiger partial charge in [-0.3, -0.25) is 10.2 Å². The van der Waals surface area contributed by atoms with Crippen LogP contribution in [0.3, 0.4) is 0 Å². The van der Waals surface area contributed by atoms with Crippen LogP contribution in [-0.4, -0.2) is 29.6 Å². The Hall–Kier alpha value is -0.860. The number of carbonyl (C=O) groups is 1. The summed E-state index contributed by atoms with van der Waals surface area (Å²) in [6, 6.07) is 0. The van der Waals surface area contributed by atoms with Crippen molar-refractivity contribution in [3.63, 3.8) is 0 Å². The van der Waals surface area contributed by atoms with Gasteiger partial charge in [-0.25, -0.2) is 0 Å². The van der Waals surface area contributed by atoms with Crippen molar-refractivity contribution in [3.8, 4) is 0 Å². The summed E-state index contributed by atoms with van der Waals surface area (Å²) < 4.78 is 0. The molecule has 0 aliphatic heterocycles. The Balaban J connectivity index is 4.02. The standard InChI is InChI=1S/C7H14N2O/c1-4-9(5-2)7(10)6(3)8/h8H,4-5H2,1-3H3. The molecule has 0 saturated carbocycles. The second kappa shape index (κ2) is 4.04. The first-order chi connectivity index (χ1) is 4.63. The largest absolute Gasteiger partial charge is 0.338 e. The molecule has 0 aliphatic carbocycles. The topological polar surface area (TPSA) is 44.2 Å². The van der Waals surface area contributed by atoms with Crippen molar-refractivity contribution in [2.75, 3.05) is 13.1 Å². The van der Waals surface area contributed by atoms with E-state index in [1.807, 2.05) is 13.8 Å². The smallest absolute Gasteiger partial charge is 0.267 e. The van der Waals surface area contributed by atoms with Crippen molar-refractivity contribution in [1.82, 2.24) is 4.90 Å². The van der Waals surface area contributed by atoms with Crippen LogP contribution in [0.15, 0.2) is 0 Å². The first kappa shape index (κ1) is 9.14. The summed E-state index contributed by atoms with van der Waals surface area (Å²) >= 11 is 0. The van der Waals surface area contributed by atoms with Crippen LogP contribution in [0.2, 0.25) is 0 Å². The first-order valence-corrected chi connectivity index (χ1v) is 3.47. The minimum Gasteiger partial charge on any atom is -0.338 e. The molecule has 3 nitrogen and oxygen atoms in total. The van der Waals surface area contributed by atoms with E-state index in [1.54, 1.807) is 4.90 Å². The van der Waals surface area contributed by atoms with E-state index in [-0.39, 0.29) is 11.6 Å². The molecule has 0 atom stereocenters. The highest BCUT2D eigenvalue weighted by atomic mass is 16.2. The third-order valence-electron chi connectivity index (χ3n) is 1.37. The van der Waals surface area contributed by atoms with Crippen molar-refractivity contribution in [2.24, 2.45) is 0 Å². The van der Waals surface area contributed by atoms with Crippen molar-refractivity contribution in [2.45, 2.75) is 20.8 Å². The molecule has 0 radical (unpaired) electrons. The Bertz CT molecular complexity index is 139. The van der Waals surface area contributed by atoms with Crippen LogP contribution < -0.4 is 0 Å². The Morgan fingerprint density at radius 3 is 1.90 bits per heavy atom. The van der Waals surface area contributed by atoms with E-state index in [0.717, 1.165) is 0 Å². The minimum atomic E-state index is -0.162. The normalized spacial score (nSPS) is 9.10. The third-order valence-corrected chi connectivity index (χ3v) is 1.37. The quantitative estimate of drug-likeness (QED) is 0.584. The van der Waals surface area contributed by atoms with Gasteiger partial charge in [0.05, 0.1) is 5.71 Å². The Kier molecular flexibility index (Phi) is 3.69. The molecular formula is C7H14N2O. The van der Waals surface area contributed by atoms with Crippen molar-refractivity contribution >= 4 is 11.6 Å². The van der Waals surface area contributed by atoms with Crippen molar-refractivity contribution in [1.29, 1.82) is 5.41 Å². The van der Waals surface area contributed by atoms with E-state index in [4.69, 9.17) is 5.41 Å². The molecule has 0 rings (SSSR count). The summed E-state index contributed by atoms with van der Waals surface area (Å²) in [5.41, 5.74) is 0.115. The average Bonchev–Trinajstić information content (AvgIpc) is 1.90. The van der Waals surface area contributed by atoms with Gasteiger partial charge in [-0.1, -0.05) is 0 Å². The van der Waals surface area contributed by atoms with Gasteiger partial charge in [0.2, 0.25) is 0 Å². The molecule has 0 aromatic carbocycles. The number of hydrogen-bond acceptors (Lipinski definition) is 2. The molecule has 0 saturated heterocycles. The second-order valence-electron chi connectivity index (χ2n) is 2.10. The molecule has 0 heterocycles. The van der Waals surface area contributed by atoms with Crippen LogP contribution in [0.25, 0.3) is 0 Å².